The second kappa shape index (κ2) is 9.35. The van der Waals surface area contributed by atoms with Crippen LogP contribution in [0.4, 0.5) is 0 Å². The van der Waals surface area contributed by atoms with E-state index in [1.54, 1.807) is 7.11 Å². The Labute approximate surface area is 127 Å². The minimum Gasteiger partial charge on any atom is -0.388 e. The van der Waals surface area contributed by atoms with Gasteiger partial charge in [0.1, 0.15) is 0 Å². The predicted molar refractivity (Wildman–Crippen MR) is 84.2 cm³/mol. The van der Waals surface area contributed by atoms with Crippen LogP contribution in [0.2, 0.25) is 5.02 Å². The molecule has 0 heterocycles. The average molecular weight is 300 g/mol. The maximum Gasteiger partial charge on any atom is 0.0816 e. The molecule has 3 nitrogen and oxygen atoms in total. The SMILES string of the molecule is CCC(C)N(CCOC)CCC(O)c1ccccc1Cl. The Hall–Kier alpha value is -0.610. The number of hydrogen-bond donors (Lipinski definition) is 1. The lowest BCUT2D eigenvalue weighted by molar-refractivity contribution is 0.0966. The zero-order valence-electron chi connectivity index (χ0n) is 12.7. The van der Waals surface area contributed by atoms with Crippen molar-refractivity contribution in [3.05, 3.63) is 34.9 Å². The highest BCUT2D eigenvalue weighted by molar-refractivity contribution is 6.31. The molecular weight excluding hydrogens is 274 g/mol. The molecule has 114 valence electrons. The van der Waals surface area contributed by atoms with E-state index in [1.807, 2.05) is 24.3 Å². The fraction of sp³-hybridized carbons (Fsp3) is 0.625. The summed E-state index contributed by atoms with van der Waals surface area (Å²) in [6, 6.07) is 7.97. The lowest BCUT2D eigenvalue weighted by Gasteiger charge is -2.29. The first-order chi connectivity index (χ1) is 9.60. The molecule has 1 aromatic carbocycles. The highest BCUT2D eigenvalue weighted by Gasteiger charge is 2.16. The largest absolute Gasteiger partial charge is 0.388 e. The van der Waals surface area contributed by atoms with Gasteiger partial charge >= 0.3 is 0 Å². The van der Waals surface area contributed by atoms with Gasteiger partial charge in [0.05, 0.1) is 12.7 Å². The van der Waals surface area contributed by atoms with E-state index < -0.39 is 6.10 Å². The maximum atomic E-state index is 10.3. The predicted octanol–water partition coefficient (Wildman–Crippen LogP) is 3.51. The molecule has 0 fully saturated rings. The summed E-state index contributed by atoms with van der Waals surface area (Å²) in [6.07, 6.45) is 1.25. The zero-order chi connectivity index (χ0) is 15.0. The Balaban J connectivity index is 2.55. The average Bonchev–Trinajstić information content (AvgIpc) is 2.46. The van der Waals surface area contributed by atoms with Crippen LogP contribution in [0.5, 0.6) is 0 Å². The fourth-order valence-electron chi connectivity index (χ4n) is 2.21. The molecule has 0 amide bonds. The van der Waals surface area contributed by atoms with Gasteiger partial charge in [0.2, 0.25) is 0 Å². The van der Waals surface area contributed by atoms with Gasteiger partial charge < -0.3 is 9.84 Å². The van der Waals surface area contributed by atoms with E-state index >= 15 is 0 Å². The normalized spacial score (nSPS) is 14.5. The molecule has 1 aromatic rings. The third kappa shape index (κ3) is 5.41. The summed E-state index contributed by atoms with van der Waals surface area (Å²) in [5.41, 5.74) is 0.810. The molecule has 0 aliphatic heterocycles. The van der Waals surface area contributed by atoms with E-state index in [-0.39, 0.29) is 0 Å². The van der Waals surface area contributed by atoms with Gasteiger partial charge in [-0.25, -0.2) is 0 Å². The second-order valence-corrected chi connectivity index (χ2v) is 5.52. The molecule has 0 aromatic heterocycles. The maximum absolute atomic E-state index is 10.3. The Morgan fingerprint density at radius 3 is 2.60 bits per heavy atom. The Morgan fingerprint density at radius 1 is 1.30 bits per heavy atom. The molecule has 0 saturated heterocycles. The van der Waals surface area contributed by atoms with Crippen molar-refractivity contribution in [2.24, 2.45) is 0 Å². The van der Waals surface area contributed by atoms with Crippen LogP contribution in [0.3, 0.4) is 0 Å². The first kappa shape index (κ1) is 17.4. The molecule has 1 rings (SSSR count). The summed E-state index contributed by atoms with van der Waals surface area (Å²) >= 11 is 6.11. The number of halogens is 1. The van der Waals surface area contributed by atoms with E-state index in [4.69, 9.17) is 16.3 Å². The van der Waals surface area contributed by atoms with Gasteiger partial charge in [-0.15, -0.1) is 0 Å². The number of aliphatic hydroxyl groups excluding tert-OH is 1. The number of ether oxygens (including phenoxy) is 1. The quantitative estimate of drug-likeness (QED) is 0.757. The van der Waals surface area contributed by atoms with Crippen molar-refractivity contribution in [1.29, 1.82) is 0 Å². The molecule has 0 radical (unpaired) electrons. The van der Waals surface area contributed by atoms with Gasteiger partial charge in [-0.05, 0) is 31.4 Å². The number of benzene rings is 1. The summed E-state index contributed by atoms with van der Waals surface area (Å²) in [5.74, 6) is 0. The first-order valence-electron chi connectivity index (χ1n) is 7.25. The lowest BCUT2D eigenvalue weighted by Crippen LogP contribution is -2.36. The second-order valence-electron chi connectivity index (χ2n) is 5.11. The number of aliphatic hydroxyl groups is 1. The molecule has 0 bridgehead atoms. The molecule has 2 atom stereocenters. The first-order valence-corrected chi connectivity index (χ1v) is 7.63. The van der Waals surface area contributed by atoms with Crippen molar-refractivity contribution < 1.29 is 9.84 Å². The van der Waals surface area contributed by atoms with E-state index in [2.05, 4.69) is 18.7 Å². The third-order valence-corrected chi connectivity index (χ3v) is 4.09. The topological polar surface area (TPSA) is 32.7 Å². The van der Waals surface area contributed by atoms with Gasteiger partial charge in [-0.2, -0.15) is 0 Å². The van der Waals surface area contributed by atoms with Crippen molar-refractivity contribution in [3.63, 3.8) is 0 Å². The van der Waals surface area contributed by atoms with Crippen molar-refractivity contribution in [2.45, 2.75) is 38.8 Å². The number of methoxy groups -OCH3 is 1. The number of rotatable bonds is 9. The van der Waals surface area contributed by atoms with E-state index in [9.17, 15) is 5.11 Å². The van der Waals surface area contributed by atoms with Crippen molar-refractivity contribution in [2.75, 3.05) is 26.8 Å². The van der Waals surface area contributed by atoms with Crippen molar-refractivity contribution >= 4 is 11.6 Å². The van der Waals surface area contributed by atoms with Crippen LogP contribution >= 0.6 is 11.6 Å². The molecule has 20 heavy (non-hydrogen) atoms. The molecule has 0 spiro atoms. The van der Waals surface area contributed by atoms with Crippen LogP contribution in [0.25, 0.3) is 0 Å². The third-order valence-electron chi connectivity index (χ3n) is 3.75. The summed E-state index contributed by atoms with van der Waals surface area (Å²) in [7, 11) is 1.72. The molecule has 0 aliphatic rings. The van der Waals surface area contributed by atoms with Gasteiger partial charge in [-0.1, -0.05) is 36.7 Å². The van der Waals surface area contributed by atoms with E-state index in [0.717, 1.165) is 25.1 Å². The minimum atomic E-state index is -0.516. The van der Waals surface area contributed by atoms with Crippen LogP contribution in [-0.4, -0.2) is 42.9 Å². The van der Waals surface area contributed by atoms with E-state index in [1.165, 1.54) is 0 Å². The highest BCUT2D eigenvalue weighted by atomic mass is 35.5. The van der Waals surface area contributed by atoms with Crippen LogP contribution in [0, 0.1) is 0 Å². The zero-order valence-corrected chi connectivity index (χ0v) is 13.4. The summed E-state index contributed by atoms with van der Waals surface area (Å²) in [6.45, 7) is 6.82. The van der Waals surface area contributed by atoms with Crippen LogP contribution in [0.1, 0.15) is 38.4 Å². The van der Waals surface area contributed by atoms with Gasteiger partial charge in [0.25, 0.3) is 0 Å². The van der Waals surface area contributed by atoms with Gasteiger partial charge in [-0.3, -0.25) is 4.90 Å². The smallest absolute Gasteiger partial charge is 0.0816 e. The molecular formula is C16H26ClNO2. The lowest BCUT2D eigenvalue weighted by atomic mass is 10.1. The van der Waals surface area contributed by atoms with Crippen LogP contribution in [-0.2, 0) is 4.74 Å². The molecule has 0 aliphatic carbocycles. The Bertz CT molecular complexity index is 386. The molecule has 0 saturated carbocycles. The van der Waals surface area contributed by atoms with Crippen molar-refractivity contribution in [3.8, 4) is 0 Å². The summed E-state index contributed by atoms with van der Waals surface area (Å²) in [4.78, 5) is 2.35. The Morgan fingerprint density at radius 2 is 2.00 bits per heavy atom. The highest BCUT2D eigenvalue weighted by Crippen LogP contribution is 2.25. The summed E-state index contributed by atoms with van der Waals surface area (Å²) < 4.78 is 5.15. The Kier molecular flexibility index (Phi) is 8.15. The van der Waals surface area contributed by atoms with Gasteiger partial charge in [0, 0.05) is 31.3 Å². The monoisotopic (exact) mass is 299 g/mol. The van der Waals surface area contributed by atoms with Crippen molar-refractivity contribution in [1.82, 2.24) is 4.90 Å². The molecule has 1 N–H and O–H groups in total. The number of hydrogen-bond acceptors (Lipinski definition) is 3. The minimum absolute atomic E-state index is 0.489. The van der Waals surface area contributed by atoms with Gasteiger partial charge in [0.15, 0.2) is 0 Å². The molecule has 2 unspecified atom stereocenters. The van der Waals surface area contributed by atoms with Crippen LogP contribution in [0.15, 0.2) is 24.3 Å². The van der Waals surface area contributed by atoms with Crippen LogP contribution < -0.4 is 0 Å². The number of nitrogens with zero attached hydrogens (tertiary/aromatic N) is 1. The standard InChI is InChI=1S/C16H26ClNO2/c1-4-13(2)18(11-12-20-3)10-9-16(19)14-7-5-6-8-15(14)17/h5-8,13,16,19H,4,9-12H2,1-3H3. The van der Waals surface area contributed by atoms with E-state index in [0.29, 0.717) is 24.1 Å². The summed E-state index contributed by atoms with van der Waals surface area (Å²) in [5, 5.41) is 10.9. The molecule has 4 heteroatoms. The fourth-order valence-corrected chi connectivity index (χ4v) is 2.47.